The lowest BCUT2D eigenvalue weighted by Crippen LogP contribution is -2.33. The van der Waals surface area contributed by atoms with E-state index in [1.54, 1.807) is 11.8 Å². The van der Waals surface area contributed by atoms with Gasteiger partial charge in [-0.1, -0.05) is 36.9 Å². The number of rotatable bonds is 4. The average Bonchev–Trinajstić information content (AvgIpc) is 2.44. The number of nitriles is 1. The van der Waals surface area contributed by atoms with Crippen LogP contribution in [0.4, 0.5) is 0 Å². The molecule has 0 N–H and O–H groups in total. The molecule has 2 nitrogen and oxygen atoms in total. The van der Waals surface area contributed by atoms with Gasteiger partial charge in [0.05, 0.1) is 6.07 Å². The second kappa shape index (κ2) is 6.60. The Labute approximate surface area is 119 Å². The molecule has 0 saturated heterocycles. The first-order chi connectivity index (χ1) is 9.26. The van der Waals surface area contributed by atoms with E-state index in [-0.39, 0.29) is 6.04 Å². The van der Waals surface area contributed by atoms with Crippen molar-refractivity contribution in [2.24, 2.45) is 0 Å². The number of benzene rings is 1. The Morgan fingerprint density at radius 3 is 2.74 bits per heavy atom. The molecule has 19 heavy (non-hydrogen) atoms. The summed E-state index contributed by atoms with van der Waals surface area (Å²) in [5.74, 6) is 0. The van der Waals surface area contributed by atoms with Crippen molar-refractivity contribution in [1.82, 2.24) is 4.90 Å². The van der Waals surface area contributed by atoms with E-state index >= 15 is 0 Å². The van der Waals surface area contributed by atoms with Crippen molar-refractivity contribution in [2.45, 2.75) is 19.4 Å². The zero-order chi connectivity index (χ0) is 13.7. The van der Waals surface area contributed by atoms with Gasteiger partial charge in [0.1, 0.15) is 6.04 Å². The lowest BCUT2D eigenvalue weighted by molar-refractivity contribution is 0.249. The van der Waals surface area contributed by atoms with Crippen LogP contribution in [0.2, 0.25) is 0 Å². The summed E-state index contributed by atoms with van der Waals surface area (Å²) < 4.78 is 0. The van der Waals surface area contributed by atoms with Crippen LogP contribution in [0, 0.1) is 11.3 Å². The van der Waals surface area contributed by atoms with Crippen LogP contribution in [-0.2, 0) is 0 Å². The molecule has 0 aliphatic carbocycles. The summed E-state index contributed by atoms with van der Waals surface area (Å²) in [7, 11) is 0. The van der Waals surface area contributed by atoms with E-state index in [1.165, 1.54) is 10.5 Å². The van der Waals surface area contributed by atoms with Crippen LogP contribution in [0.3, 0.4) is 0 Å². The largest absolute Gasteiger partial charge is 0.280 e. The molecular weight excluding hydrogens is 252 g/mol. The quantitative estimate of drug-likeness (QED) is 0.824. The van der Waals surface area contributed by atoms with Gasteiger partial charge in [-0.15, -0.1) is 11.8 Å². The van der Waals surface area contributed by atoms with Gasteiger partial charge < -0.3 is 0 Å². The molecule has 1 aliphatic heterocycles. The first-order valence-electron chi connectivity index (χ1n) is 6.41. The van der Waals surface area contributed by atoms with Crippen LogP contribution in [0.1, 0.15) is 24.9 Å². The maximum Gasteiger partial charge on any atom is 0.124 e. The normalized spacial score (nSPS) is 17.9. The maximum atomic E-state index is 9.46. The lowest BCUT2D eigenvalue weighted by Gasteiger charge is -2.32. The number of nitrogens with zero attached hydrogens (tertiary/aromatic N) is 2. The first-order valence-corrected chi connectivity index (χ1v) is 7.29. The second-order valence-electron chi connectivity index (χ2n) is 4.65. The van der Waals surface area contributed by atoms with E-state index in [2.05, 4.69) is 24.5 Å². The Bertz CT molecular complexity index is 513. The van der Waals surface area contributed by atoms with E-state index < -0.39 is 0 Å². The van der Waals surface area contributed by atoms with E-state index in [9.17, 15) is 5.26 Å². The van der Waals surface area contributed by atoms with Crippen LogP contribution >= 0.6 is 11.8 Å². The minimum Gasteiger partial charge on any atom is -0.280 e. The Morgan fingerprint density at radius 1 is 1.42 bits per heavy atom. The SMILES string of the molecule is C=CSC1=C(C)CN([C@H](C#N)c2ccccc2)CC1. The minimum absolute atomic E-state index is 0.147. The number of hydrogen-bond acceptors (Lipinski definition) is 3. The predicted molar refractivity (Wildman–Crippen MR) is 81.5 cm³/mol. The van der Waals surface area contributed by atoms with Gasteiger partial charge in [0.15, 0.2) is 0 Å². The molecule has 0 aromatic heterocycles. The molecule has 1 aromatic rings. The van der Waals surface area contributed by atoms with Crippen molar-refractivity contribution < 1.29 is 0 Å². The third-order valence-corrected chi connectivity index (χ3v) is 4.37. The molecule has 1 aliphatic rings. The predicted octanol–water partition coefficient (Wildman–Crippen LogP) is 4.11. The third kappa shape index (κ3) is 3.28. The van der Waals surface area contributed by atoms with Gasteiger partial charge in [0.25, 0.3) is 0 Å². The monoisotopic (exact) mass is 270 g/mol. The molecule has 0 radical (unpaired) electrons. The molecule has 0 fully saturated rings. The highest BCUT2D eigenvalue weighted by Gasteiger charge is 2.24. The highest BCUT2D eigenvalue weighted by atomic mass is 32.2. The van der Waals surface area contributed by atoms with Crippen molar-refractivity contribution in [2.75, 3.05) is 13.1 Å². The highest BCUT2D eigenvalue weighted by Crippen LogP contribution is 2.32. The van der Waals surface area contributed by atoms with E-state index in [1.807, 2.05) is 35.7 Å². The smallest absolute Gasteiger partial charge is 0.124 e. The number of hydrogen-bond donors (Lipinski definition) is 0. The molecule has 0 saturated carbocycles. The minimum atomic E-state index is -0.147. The van der Waals surface area contributed by atoms with Crippen LogP contribution in [0.15, 0.2) is 52.8 Å². The van der Waals surface area contributed by atoms with E-state index in [0.717, 1.165) is 25.1 Å². The molecule has 98 valence electrons. The van der Waals surface area contributed by atoms with Crippen LogP contribution in [-0.4, -0.2) is 18.0 Å². The zero-order valence-electron chi connectivity index (χ0n) is 11.2. The second-order valence-corrected chi connectivity index (χ2v) is 5.71. The van der Waals surface area contributed by atoms with Crippen molar-refractivity contribution in [3.63, 3.8) is 0 Å². The summed E-state index contributed by atoms with van der Waals surface area (Å²) in [5, 5.41) is 11.3. The lowest BCUT2D eigenvalue weighted by atomic mass is 10.0. The summed E-state index contributed by atoms with van der Waals surface area (Å²) in [5.41, 5.74) is 2.44. The fourth-order valence-electron chi connectivity index (χ4n) is 2.41. The van der Waals surface area contributed by atoms with E-state index in [4.69, 9.17) is 0 Å². The van der Waals surface area contributed by atoms with Gasteiger partial charge in [-0.05, 0) is 34.8 Å². The highest BCUT2D eigenvalue weighted by molar-refractivity contribution is 8.05. The van der Waals surface area contributed by atoms with Gasteiger partial charge in [-0.2, -0.15) is 5.26 Å². The topological polar surface area (TPSA) is 27.0 Å². The summed E-state index contributed by atoms with van der Waals surface area (Å²) in [6.45, 7) is 7.72. The molecule has 1 atom stereocenters. The van der Waals surface area contributed by atoms with Crippen LogP contribution < -0.4 is 0 Å². The number of thioether (sulfide) groups is 1. The Hall–Kier alpha value is -1.50. The van der Waals surface area contributed by atoms with Crippen molar-refractivity contribution in [1.29, 1.82) is 5.26 Å². The summed E-state index contributed by atoms with van der Waals surface area (Å²) in [4.78, 5) is 3.65. The van der Waals surface area contributed by atoms with Gasteiger partial charge in [0, 0.05) is 13.1 Å². The van der Waals surface area contributed by atoms with Gasteiger partial charge in [0.2, 0.25) is 0 Å². The average molecular weight is 270 g/mol. The summed E-state index contributed by atoms with van der Waals surface area (Å²) in [6.07, 6.45) is 1.01. The Balaban J connectivity index is 2.16. The molecule has 1 heterocycles. The van der Waals surface area contributed by atoms with Gasteiger partial charge in [-0.25, -0.2) is 0 Å². The molecule has 1 aromatic carbocycles. The standard InChI is InChI=1S/C16H18N2S/c1-3-19-16-9-10-18(12-13(16)2)15(11-17)14-7-5-4-6-8-14/h3-8,15H,1,9-10,12H2,2H3/t15-/m1/s1. The Kier molecular flexibility index (Phi) is 4.84. The van der Waals surface area contributed by atoms with Crippen molar-refractivity contribution in [3.8, 4) is 6.07 Å². The van der Waals surface area contributed by atoms with Crippen molar-refractivity contribution >= 4 is 11.8 Å². The maximum absolute atomic E-state index is 9.46. The zero-order valence-corrected chi connectivity index (χ0v) is 12.0. The summed E-state index contributed by atoms with van der Waals surface area (Å²) in [6, 6.07) is 12.3. The van der Waals surface area contributed by atoms with Crippen LogP contribution in [0.25, 0.3) is 0 Å². The van der Waals surface area contributed by atoms with Crippen molar-refractivity contribution in [3.05, 3.63) is 58.4 Å². The molecule has 2 rings (SSSR count). The fraction of sp³-hybridized carbons (Fsp3) is 0.312. The third-order valence-electron chi connectivity index (χ3n) is 3.37. The first kappa shape index (κ1) is 13.9. The van der Waals surface area contributed by atoms with Gasteiger partial charge >= 0.3 is 0 Å². The van der Waals surface area contributed by atoms with Gasteiger partial charge in [-0.3, -0.25) is 4.90 Å². The molecular formula is C16H18N2S. The molecule has 0 spiro atoms. The molecule has 0 amide bonds. The molecule has 0 unspecified atom stereocenters. The molecule has 3 heteroatoms. The molecule has 0 bridgehead atoms. The van der Waals surface area contributed by atoms with E-state index in [0.29, 0.717) is 0 Å². The summed E-state index contributed by atoms with van der Waals surface area (Å²) >= 11 is 1.71. The Morgan fingerprint density at radius 2 is 2.16 bits per heavy atom. The fourth-order valence-corrected chi connectivity index (χ4v) is 3.09. The van der Waals surface area contributed by atoms with Crippen LogP contribution in [0.5, 0.6) is 0 Å².